The zero-order valence-electron chi connectivity index (χ0n) is 10.1. The summed E-state index contributed by atoms with van der Waals surface area (Å²) < 4.78 is 8.56. The Balaban J connectivity index is 1.55. The average molecular weight is 310 g/mol. The van der Waals surface area contributed by atoms with E-state index in [4.69, 9.17) is 4.74 Å². The van der Waals surface area contributed by atoms with Gasteiger partial charge in [0, 0.05) is 30.0 Å². The molecule has 2 rings (SSSR count). The molecule has 0 amide bonds. The predicted octanol–water partition coefficient (Wildman–Crippen LogP) is 2.31. The van der Waals surface area contributed by atoms with Gasteiger partial charge in [-0.2, -0.15) is 5.10 Å². The molecule has 0 aliphatic carbocycles. The Kier molecular flexibility index (Phi) is 5.23. The predicted molar refractivity (Wildman–Crippen MR) is 74.7 cm³/mol. The van der Waals surface area contributed by atoms with Gasteiger partial charge in [-0.15, -0.1) is 0 Å². The molecule has 5 heteroatoms. The van der Waals surface area contributed by atoms with Crippen LogP contribution in [0.15, 0.2) is 47.2 Å². The van der Waals surface area contributed by atoms with E-state index in [0.717, 1.165) is 29.9 Å². The number of ether oxygens (including phenoxy) is 1. The van der Waals surface area contributed by atoms with Crippen LogP contribution >= 0.6 is 15.9 Å². The standard InChI is InChI=1S/C13H16BrN3O/c14-12-2-4-13(5-3-12)18-11-8-15-7-10-17-9-1-6-16-17/h1-6,9,15H,7-8,10-11H2. The third-order valence-electron chi connectivity index (χ3n) is 2.44. The van der Waals surface area contributed by atoms with E-state index < -0.39 is 0 Å². The summed E-state index contributed by atoms with van der Waals surface area (Å²) in [6.45, 7) is 3.27. The molecule has 2 aromatic rings. The topological polar surface area (TPSA) is 39.1 Å². The van der Waals surface area contributed by atoms with Gasteiger partial charge in [0.05, 0.1) is 6.54 Å². The molecule has 1 aromatic carbocycles. The van der Waals surface area contributed by atoms with Crippen molar-refractivity contribution in [2.24, 2.45) is 0 Å². The first-order valence-corrected chi connectivity index (χ1v) is 6.70. The molecule has 1 N–H and O–H groups in total. The van der Waals surface area contributed by atoms with Gasteiger partial charge in [0.1, 0.15) is 12.4 Å². The largest absolute Gasteiger partial charge is 0.492 e. The van der Waals surface area contributed by atoms with Gasteiger partial charge in [-0.3, -0.25) is 4.68 Å². The summed E-state index contributed by atoms with van der Waals surface area (Å²) in [4.78, 5) is 0. The molecule has 0 fully saturated rings. The Morgan fingerprint density at radius 3 is 2.78 bits per heavy atom. The Bertz CT molecular complexity index is 442. The minimum absolute atomic E-state index is 0.667. The van der Waals surface area contributed by atoms with Gasteiger partial charge >= 0.3 is 0 Å². The van der Waals surface area contributed by atoms with Gasteiger partial charge in [-0.25, -0.2) is 0 Å². The molecule has 1 heterocycles. The molecule has 0 atom stereocenters. The number of rotatable bonds is 7. The van der Waals surface area contributed by atoms with E-state index in [2.05, 4.69) is 26.3 Å². The Hall–Kier alpha value is -1.33. The van der Waals surface area contributed by atoms with Crippen molar-refractivity contribution in [2.75, 3.05) is 19.7 Å². The molecular formula is C13H16BrN3O. The SMILES string of the molecule is Brc1ccc(OCCNCCn2cccn2)cc1. The highest BCUT2D eigenvalue weighted by Crippen LogP contribution is 2.15. The molecule has 1 aromatic heterocycles. The van der Waals surface area contributed by atoms with Crippen molar-refractivity contribution >= 4 is 15.9 Å². The Morgan fingerprint density at radius 2 is 2.06 bits per heavy atom. The van der Waals surface area contributed by atoms with Crippen LogP contribution in [-0.2, 0) is 6.54 Å². The molecular weight excluding hydrogens is 294 g/mol. The lowest BCUT2D eigenvalue weighted by atomic mass is 10.3. The van der Waals surface area contributed by atoms with Gasteiger partial charge in [-0.05, 0) is 30.3 Å². The molecule has 0 aliphatic heterocycles. The molecule has 0 aliphatic rings. The van der Waals surface area contributed by atoms with Crippen LogP contribution in [0.5, 0.6) is 5.75 Å². The van der Waals surface area contributed by atoms with E-state index in [1.807, 2.05) is 41.2 Å². The van der Waals surface area contributed by atoms with Crippen molar-refractivity contribution in [1.82, 2.24) is 15.1 Å². The van der Waals surface area contributed by atoms with Crippen LogP contribution in [0.4, 0.5) is 0 Å². The van der Waals surface area contributed by atoms with Crippen LogP contribution in [-0.4, -0.2) is 29.5 Å². The summed E-state index contributed by atoms with van der Waals surface area (Å²) in [5.74, 6) is 0.895. The monoisotopic (exact) mass is 309 g/mol. The van der Waals surface area contributed by atoms with E-state index in [9.17, 15) is 0 Å². The maximum absolute atomic E-state index is 5.59. The first-order chi connectivity index (χ1) is 8.84. The number of halogens is 1. The highest BCUT2D eigenvalue weighted by Gasteiger charge is 1.94. The third-order valence-corrected chi connectivity index (χ3v) is 2.97. The molecule has 0 radical (unpaired) electrons. The Labute approximate surface area is 115 Å². The quantitative estimate of drug-likeness (QED) is 0.798. The molecule has 0 bridgehead atoms. The maximum atomic E-state index is 5.59. The van der Waals surface area contributed by atoms with Crippen molar-refractivity contribution in [3.63, 3.8) is 0 Å². The molecule has 0 unspecified atom stereocenters. The summed E-state index contributed by atoms with van der Waals surface area (Å²) in [5.41, 5.74) is 0. The number of nitrogens with zero attached hydrogens (tertiary/aromatic N) is 2. The summed E-state index contributed by atoms with van der Waals surface area (Å²) >= 11 is 3.39. The van der Waals surface area contributed by atoms with Crippen LogP contribution in [0.1, 0.15) is 0 Å². The van der Waals surface area contributed by atoms with Crippen LogP contribution < -0.4 is 10.1 Å². The second kappa shape index (κ2) is 7.18. The van der Waals surface area contributed by atoms with Crippen LogP contribution in [0.25, 0.3) is 0 Å². The van der Waals surface area contributed by atoms with E-state index in [1.54, 1.807) is 6.20 Å². The first kappa shape index (κ1) is 13.1. The van der Waals surface area contributed by atoms with E-state index in [-0.39, 0.29) is 0 Å². The lowest BCUT2D eigenvalue weighted by Gasteiger charge is -2.07. The molecule has 0 spiro atoms. The van der Waals surface area contributed by atoms with Gasteiger partial charge in [0.25, 0.3) is 0 Å². The molecule has 18 heavy (non-hydrogen) atoms. The van der Waals surface area contributed by atoms with Gasteiger partial charge in [0.2, 0.25) is 0 Å². The molecule has 0 saturated heterocycles. The van der Waals surface area contributed by atoms with Crippen molar-refractivity contribution in [3.8, 4) is 5.75 Å². The van der Waals surface area contributed by atoms with Crippen LogP contribution in [0.3, 0.4) is 0 Å². The van der Waals surface area contributed by atoms with E-state index >= 15 is 0 Å². The van der Waals surface area contributed by atoms with E-state index in [0.29, 0.717) is 6.61 Å². The van der Waals surface area contributed by atoms with E-state index in [1.165, 1.54) is 0 Å². The van der Waals surface area contributed by atoms with Gasteiger partial charge in [0.15, 0.2) is 0 Å². The highest BCUT2D eigenvalue weighted by molar-refractivity contribution is 9.10. The average Bonchev–Trinajstić information content (AvgIpc) is 2.89. The second-order valence-electron chi connectivity index (χ2n) is 3.82. The molecule has 96 valence electrons. The van der Waals surface area contributed by atoms with Crippen molar-refractivity contribution in [1.29, 1.82) is 0 Å². The third kappa shape index (κ3) is 4.50. The Morgan fingerprint density at radius 1 is 1.22 bits per heavy atom. The minimum atomic E-state index is 0.667. The fourth-order valence-electron chi connectivity index (χ4n) is 1.52. The summed E-state index contributed by atoms with van der Waals surface area (Å²) in [5, 5.41) is 7.44. The number of hydrogen-bond acceptors (Lipinski definition) is 3. The second-order valence-corrected chi connectivity index (χ2v) is 4.74. The maximum Gasteiger partial charge on any atom is 0.119 e. The number of hydrogen-bond donors (Lipinski definition) is 1. The summed E-state index contributed by atoms with van der Waals surface area (Å²) in [6.07, 6.45) is 3.75. The normalized spacial score (nSPS) is 10.5. The fraction of sp³-hybridized carbons (Fsp3) is 0.308. The molecule has 4 nitrogen and oxygen atoms in total. The number of benzene rings is 1. The fourth-order valence-corrected chi connectivity index (χ4v) is 1.79. The van der Waals surface area contributed by atoms with Crippen molar-refractivity contribution in [3.05, 3.63) is 47.2 Å². The molecule has 0 saturated carbocycles. The summed E-state index contributed by atoms with van der Waals surface area (Å²) in [6, 6.07) is 9.78. The lowest BCUT2D eigenvalue weighted by Crippen LogP contribution is -2.25. The van der Waals surface area contributed by atoms with Crippen LogP contribution in [0.2, 0.25) is 0 Å². The smallest absolute Gasteiger partial charge is 0.119 e. The summed E-state index contributed by atoms with van der Waals surface area (Å²) in [7, 11) is 0. The van der Waals surface area contributed by atoms with Crippen molar-refractivity contribution < 1.29 is 4.74 Å². The zero-order valence-corrected chi connectivity index (χ0v) is 11.6. The van der Waals surface area contributed by atoms with Crippen LogP contribution in [0, 0.1) is 0 Å². The highest BCUT2D eigenvalue weighted by atomic mass is 79.9. The minimum Gasteiger partial charge on any atom is -0.492 e. The first-order valence-electron chi connectivity index (χ1n) is 5.91. The van der Waals surface area contributed by atoms with Gasteiger partial charge < -0.3 is 10.1 Å². The number of aromatic nitrogens is 2. The number of nitrogens with one attached hydrogen (secondary N) is 1. The zero-order chi connectivity index (χ0) is 12.6. The van der Waals surface area contributed by atoms with Gasteiger partial charge in [-0.1, -0.05) is 15.9 Å². The van der Waals surface area contributed by atoms with Crippen molar-refractivity contribution in [2.45, 2.75) is 6.54 Å². The lowest BCUT2D eigenvalue weighted by molar-refractivity contribution is 0.312.